The maximum absolute atomic E-state index is 12.8. The Kier molecular flexibility index (Phi) is 3.13. The Morgan fingerprint density at radius 3 is 2.55 bits per heavy atom. The summed E-state index contributed by atoms with van der Waals surface area (Å²) in [4.78, 5) is 15.4. The summed E-state index contributed by atoms with van der Waals surface area (Å²) in [6.07, 6.45) is -3.05. The number of aromatic carboxylic acids is 1. The van der Waals surface area contributed by atoms with Crippen molar-refractivity contribution in [1.29, 1.82) is 0 Å². The number of aromatic nitrogens is 2. The van der Waals surface area contributed by atoms with Crippen LogP contribution in [0.3, 0.4) is 0 Å². The molecule has 0 aliphatic carbocycles. The van der Waals surface area contributed by atoms with Crippen molar-refractivity contribution in [2.75, 3.05) is 0 Å². The van der Waals surface area contributed by atoms with Crippen LogP contribution in [0.25, 0.3) is 16.9 Å². The van der Waals surface area contributed by atoms with Crippen molar-refractivity contribution < 1.29 is 23.1 Å². The van der Waals surface area contributed by atoms with Gasteiger partial charge in [-0.25, -0.2) is 9.78 Å². The van der Waals surface area contributed by atoms with Crippen molar-refractivity contribution in [2.24, 2.45) is 0 Å². The Balaban J connectivity index is 2.25. The zero-order chi connectivity index (χ0) is 15.9. The quantitative estimate of drug-likeness (QED) is 0.785. The highest BCUT2D eigenvalue weighted by atomic mass is 19.4. The van der Waals surface area contributed by atoms with Crippen LogP contribution in [0.4, 0.5) is 13.2 Å². The van der Waals surface area contributed by atoms with E-state index in [-0.39, 0.29) is 17.1 Å². The van der Waals surface area contributed by atoms with Gasteiger partial charge in [0.2, 0.25) is 0 Å². The molecule has 22 heavy (non-hydrogen) atoms. The fourth-order valence-corrected chi connectivity index (χ4v) is 2.25. The summed E-state index contributed by atoms with van der Waals surface area (Å²) < 4.78 is 39.7. The van der Waals surface area contributed by atoms with Gasteiger partial charge in [0.15, 0.2) is 0 Å². The van der Waals surface area contributed by atoms with E-state index in [1.807, 2.05) is 0 Å². The van der Waals surface area contributed by atoms with E-state index in [1.54, 1.807) is 12.1 Å². The molecule has 0 fully saturated rings. The number of pyridine rings is 1. The lowest BCUT2D eigenvalue weighted by Crippen LogP contribution is -2.07. The molecule has 0 unspecified atom stereocenters. The maximum atomic E-state index is 12.8. The zero-order valence-electron chi connectivity index (χ0n) is 11.0. The van der Waals surface area contributed by atoms with Crippen molar-refractivity contribution in [2.45, 2.75) is 6.18 Å². The summed E-state index contributed by atoms with van der Waals surface area (Å²) >= 11 is 0. The molecule has 0 aliphatic rings. The maximum Gasteiger partial charge on any atom is 0.416 e. The van der Waals surface area contributed by atoms with Gasteiger partial charge < -0.3 is 5.11 Å². The first kappa shape index (κ1) is 14.1. The molecule has 0 saturated heterocycles. The summed E-state index contributed by atoms with van der Waals surface area (Å²) in [5, 5.41) is 9.23. The van der Waals surface area contributed by atoms with Crippen molar-refractivity contribution in [3.63, 3.8) is 0 Å². The fourth-order valence-electron chi connectivity index (χ4n) is 2.25. The van der Waals surface area contributed by atoms with Crippen LogP contribution in [0.15, 0.2) is 48.7 Å². The number of alkyl halides is 3. The number of rotatable bonds is 2. The van der Waals surface area contributed by atoms with E-state index in [9.17, 15) is 23.1 Å². The highest BCUT2D eigenvalue weighted by Crippen LogP contribution is 2.32. The number of imidazole rings is 1. The van der Waals surface area contributed by atoms with Crippen molar-refractivity contribution in [3.05, 3.63) is 59.9 Å². The third kappa shape index (κ3) is 2.30. The van der Waals surface area contributed by atoms with Crippen LogP contribution in [-0.2, 0) is 6.18 Å². The third-order valence-corrected chi connectivity index (χ3v) is 3.22. The van der Waals surface area contributed by atoms with E-state index >= 15 is 0 Å². The van der Waals surface area contributed by atoms with Gasteiger partial charge in [0.25, 0.3) is 0 Å². The van der Waals surface area contributed by atoms with Crippen molar-refractivity contribution >= 4 is 11.5 Å². The second-order valence-corrected chi connectivity index (χ2v) is 4.64. The highest BCUT2D eigenvalue weighted by molar-refractivity contribution is 5.88. The van der Waals surface area contributed by atoms with Gasteiger partial charge in [0.1, 0.15) is 11.5 Å². The molecule has 7 heteroatoms. The van der Waals surface area contributed by atoms with Gasteiger partial charge >= 0.3 is 12.1 Å². The zero-order valence-corrected chi connectivity index (χ0v) is 11.0. The molecule has 0 aliphatic heterocycles. The predicted molar refractivity (Wildman–Crippen MR) is 72.6 cm³/mol. The number of fused-ring (bicyclic) bond motifs is 1. The molecule has 3 rings (SSSR count). The minimum Gasteiger partial charge on any atom is -0.477 e. The second-order valence-electron chi connectivity index (χ2n) is 4.64. The Hall–Kier alpha value is -2.83. The SMILES string of the molecule is O=C(O)c1cccc2cnc(-c3cccc(C(F)(F)F)c3)n12. The number of hydrogen-bond donors (Lipinski definition) is 1. The van der Waals surface area contributed by atoms with Crippen molar-refractivity contribution in [1.82, 2.24) is 9.38 Å². The van der Waals surface area contributed by atoms with Crippen LogP contribution in [0.1, 0.15) is 16.1 Å². The van der Waals surface area contributed by atoms with Crippen LogP contribution in [0, 0.1) is 0 Å². The highest BCUT2D eigenvalue weighted by Gasteiger charge is 2.30. The van der Waals surface area contributed by atoms with Crippen LogP contribution in [0.5, 0.6) is 0 Å². The van der Waals surface area contributed by atoms with Crippen LogP contribution < -0.4 is 0 Å². The molecule has 4 nitrogen and oxygen atoms in total. The summed E-state index contributed by atoms with van der Waals surface area (Å²) in [6, 6.07) is 9.19. The predicted octanol–water partition coefficient (Wildman–Crippen LogP) is 3.72. The van der Waals surface area contributed by atoms with E-state index in [1.165, 1.54) is 28.8 Å². The average Bonchev–Trinajstić information content (AvgIpc) is 2.90. The Morgan fingerprint density at radius 2 is 1.86 bits per heavy atom. The minimum absolute atomic E-state index is 0.0672. The molecule has 2 aromatic heterocycles. The standard InChI is InChI=1S/C15H9F3N2O2/c16-15(17,18)10-4-1-3-9(7-10)13-19-8-11-5-2-6-12(14(21)22)20(11)13/h1-8H,(H,21,22). The van der Waals surface area contributed by atoms with Crippen LogP contribution in [-0.4, -0.2) is 20.5 Å². The van der Waals surface area contributed by atoms with E-state index < -0.39 is 17.7 Å². The lowest BCUT2D eigenvalue weighted by atomic mass is 10.1. The van der Waals surface area contributed by atoms with Gasteiger partial charge in [0.05, 0.1) is 17.3 Å². The molecule has 0 spiro atoms. The topological polar surface area (TPSA) is 54.6 Å². The molecule has 2 heterocycles. The summed E-state index contributed by atoms with van der Waals surface area (Å²) in [5.41, 5.74) is -0.187. The minimum atomic E-state index is -4.47. The number of hydrogen-bond acceptors (Lipinski definition) is 2. The smallest absolute Gasteiger partial charge is 0.416 e. The second kappa shape index (κ2) is 4.87. The molecule has 112 valence electrons. The molecular formula is C15H9F3N2O2. The molecule has 0 atom stereocenters. The van der Waals surface area contributed by atoms with Crippen LogP contribution in [0.2, 0.25) is 0 Å². The first-order valence-electron chi connectivity index (χ1n) is 6.25. The van der Waals surface area contributed by atoms with Gasteiger partial charge in [-0.1, -0.05) is 18.2 Å². The molecule has 1 aromatic carbocycles. The Bertz CT molecular complexity index is 869. The Morgan fingerprint density at radius 1 is 1.14 bits per heavy atom. The Labute approximate surface area is 122 Å². The number of nitrogens with zero attached hydrogens (tertiary/aromatic N) is 2. The van der Waals surface area contributed by atoms with E-state index in [0.29, 0.717) is 5.52 Å². The first-order valence-corrected chi connectivity index (χ1v) is 6.25. The summed E-state index contributed by atoms with van der Waals surface area (Å²) in [5.74, 6) is -1.03. The molecule has 0 saturated carbocycles. The van der Waals surface area contributed by atoms with E-state index in [4.69, 9.17) is 0 Å². The molecule has 1 N–H and O–H groups in total. The largest absolute Gasteiger partial charge is 0.477 e. The lowest BCUT2D eigenvalue weighted by molar-refractivity contribution is -0.137. The van der Waals surface area contributed by atoms with Gasteiger partial charge in [-0.05, 0) is 24.3 Å². The number of halogens is 3. The van der Waals surface area contributed by atoms with Gasteiger partial charge in [-0.2, -0.15) is 13.2 Å². The molecular weight excluding hydrogens is 297 g/mol. The molecule has 0 amide bonds. The van der Waals surface area contributed by atoms with Crippen LogP contribution >= 0.6 is 0 Å². The van der Waals surface area contributed by atoms with Gasteiger partial charge in [-0.3, -0.25) is 4.40 Å². The third-order valence-electron chi connectivity index (χ3n) is 3.22. The summed E-state index contributed by atoms with van der Waals surface area (Å²) in [6.45, 7) is 0. The van der Waals surface area contributed by atoms with Gasteiger partial charge in [-0.15, -0.1) is 0 Å². The van der Waals surface area contributed by atoms with Gasteiger partial charge in [0, 0.05) is 5.56 Å². The van der Waals surface area contributed by atoms with E-state index in [2.05, 4.69) is 4.98 Å². The monoisotopic (exact) mass is 306 g/mol. The normalized spacial score (nSPS) is 11.8. The van der Waals surface area contributed by atoms with E-state index in [0.717, 1.165) is 12.1 Å². The van der Waals surface area contributed by atoms with Crippen molar-refractivity contribution in [3.8, 4) is 11.4 Å². The number of carboxylic acids is 1. The number of carbonyl (C=O) groups is 1. The molecule has 3 aromatic rings. The molecule has 0 bridgehead atoms. The lowest BCUT2D eigenvalue weighted by Gasteiger charge is -2.09. The summed E-state index contributed by atoms with van der Waals surface area (Å²) in [7, 11) is 0. The fraction of sp³-hybridized carbons (Fsp3) is 0.0667. The first-order chi connectivity index (χ1) is 10.4. The number of carboxylic acid groups (broad SMARTS) is 1. The average molecular weight is 306 g/mol. The number of benzene rings is 1. The molecule has 0 radical (unpaired) electrons.